The summed E-state index contributed by atoms with van der Waals surface area (Å²) in [5.74, 6) is -0.218. The smallest absolute Gasteiger partial charge is 0.405 e. The molecule has 2 aromatic rings. The molecule has 0 heterocycles. The van der Waals surface area contributed by atoms with Crippen LogP contribution in [-0.2, 0) is 13.2 Å². The third-order valence-corrected chi connectivity index (χ3v) is 2.82. The monoisotopic (exact) mass is 297 g/mol. The van der Waals surface area contributed by atoms with Crippen LogP contribution >= 0.6 is 0 Å². The zero-order valence-electron chi connectivity index (χ0n) is 11.0. The van der Waals surface area contributed by atoms with E-state index in [9.17, 15) is 13.2 Å². The Kier molecular flexibility index (Phi) is 4.70. The van der Waals surface area contributed by atoms with Crippen molar-refractivity contribution < 1.29 is 23.0 Å². The lowest BCUT2D eigenvalue weighted by molar-refractivity contribution is -0.274. The van der Waals surface area contributed by atoms with Crippen LogP contribution in [0.5, 0.6) is 5.75 Å². The van der Waals surface area contributed by atoms with Crippen LogP contribution in [-0.4, -0.2) is 11.5 Å². The van der Waals surface area contributed by atoms with Crippen LogP contribution in [0.3, 0.4) is 0 Å². The first-order valence-electron chi connectivity index (χ1n) is 6.25. The quantitative estimate of drug-likeness (QED) is 0.884. The molecule has 2 rings (SSSR count). The van der Waals surface area contributed by atoms with Crippen molar-refractivity contribution in [1.29, 1.82) is 0 Å². The van der Waals surface area contributed by atoms with Gasteiger partial charge in [0.2, 0.25) is 0 Å². The average molecular weight is 297 g/mol. The number of hydrogen-bond donors (Lipinski definition) is 2. The van der Waals surface area contributed by atoms with Gasteiger partial charge < -0.3 is 15.2 Å². The van der Waals surface area contributed by atoms with Crippen molar-refractivity contribution >= 4 is 5.69 Å². The van der Waals surface area contributed by atoms with Gasteiger partial charge in [-0.15, -0.1) is 13.2 Å². The summed E-state index contributed by atoms with van der Waals surface area (Å²) >= 11 is 0. The molecule has 0 unspecified atom stereocenters. The predicted molar refractivity (Wildman–Crippen MR) is 72.8 cm³/mol. The van der Waals surface area contributed by atoms with Crippen LogP contribution in [0.4, 0.5) is 18.9 Å². The van der Waals surface area contributed by atoms with E-state index in [-0.39, 0.29) is 18.9 Å². The van der Waals surface area contributed by atoms with Crippen LogP contribution in [0, 0.1) is 0 Å². The molecule has 0 saturated heterocycles. The highest BCUT2D eigenvalue weighted by molar-refractivity contribution is 5.46. The number of anilines is 1. The Bertz CT molecular complexity index is 582. The van der Waals surface area contributed by atoms with Gasteiger partial charge in [0, 0.05) is 17.8 Å². The number of rotatable bonds is 5. The standard InChI is InChI=1S/C15H14F3NO2/c16-15(17,18)21-14-4-2-1-3-12(14)9-19-13-7-5-11(10-20)6-8-13/h1-8,19-20H,9-10H2. The van der Waals surface area contributed by atoms with Crippen LogP contribution in [0.25, 0.3) is 0 Å². The molecule has 2 N–H and O–H groups in total. The number of benzene rings is 2. The lowest BCUT2D eigenvalue weighted by atomic mass is 10.2. The molecular weight excluding hydrogens is 283 g/mol. The Balaban J connectivity index is 2.05. The number of aliphatic hydroxyl groups excluding tert-OH is 1. The molecule has 0 aliphatic carbocycles. The zero-order valence-corrected chi connectivity index (χ0v) is 11.0. The fourth-order valence-electron chi connectivity index (χ4n) is 1.80. The SMILES string of the molecule is OCc1ccc(NCc2ccccc2OC(F)(F)F)cc1. The molecule has 0 saturated carbocycles. The predicted octanol–water partition coefficient (Wildman–Crippen LogP) is 3.69. The molecule has 0 bridgehead atoms. The molecule has 0 radical (unpaired) electrons. The van der Waals surface area contributed by atoms with Crippen molar-refractivity contribution in [2.24, 2.45) is 0 Å². The molecule has 0 amide bonds. The highest BCUT2D eigenvalue weighted by Crippen LogP contribution is 2.26. The molecule has 0 spiro atoms. The number of ether oxygens (including phenoxy) is 1. The first-order valence-corrected chi connectivity index (χ1v) is 6.25. The maximum Gasteiger partial charge on any atom is 0.573 e. The zero-order chi connectivity index (χ0) is 15.3. The summed E-state index contributed by atoms with van der Waals surface area (Å²) in [6.45, 7) is 0.146. The summed E-state index contributed by atoms with van der Waals surface area (Å²) in [5.41, 5.74) is 1.91. The molecule has 3 nitrogen and oxygen atoms in total. The number of halogens is 3. The second kappa shape index (κ2) is 6.49. The van der Waals surface area contributed by atoms with Crippen molar-refractivity contribution in [3.8, 4) is 5.75 Å². The van der Waals surface area contributed by atoms with Gasteiger partial charge in [-0.1, -0.05) is 30.3 Å². The van der Waals surface area contributed by atoms with Crippen molar-refractivity contribution in [2.45, 2.75) is 19.5 Å². The Morgan fingerprint density at radius 3 is 2.29 bits per heavy atom. The summed E-state index contributed by atoms with van der Waals surface area (Å²) in [6, 6.07) is 12.9. The van der Waals surface area contributed by atoms with Crippen molar-refractivity contribution in [1.82, 2.24) is 0 Å². The first-order chi connectivity index (χ1) is 9.98. The molecule has 0 fully saturated rings. The molecule has 0 atom stereocenters. The maximum absolute atomic E-state index is 12.3. The minimum Gasteiger partial charge on any atom is -0.405 e. The van der Waals surface area contributed by atoms with Crippen LogP contribution in [0.15, 0.2) is 48.5 Å². The van der Waals surface area contributed by atoms with Crippen LogP contribution < -0.4 is 10.1 Å². The number of nitrogens with one attached hydrogen (secondary N) is 1. The van der Waals surface area contributed by atoms with Gasteiger partial charge in [-0.25, -0.2) is 0 Å². The Morgan fingerprint density at radius 1 is 1.00 bits per heavy atom. The Hall–Kier alpha value is -2.21. The largest absolute Gasteiger partial charge is 0.573 e. The lowest BCUT2D eigenvalue weighted by Crippen LogP contribution is -2.18. The van der Waals surface area contributed by atoms with E-state index in [2.05, 4.69) is 10.1 Å². The molecule has 2 aromatic carbocycles. The van der Waals surface area contributed by atoms with E-state index < -0.39 is 6.36 Å². The van der Waals surface area contributed by atoms with Crippen molar-refractivity contribution in [3.05, 3.63) is 59.7 Å². The highest BCUT2D eigenvalue weighted by Gasteiger charge is 2.31. The Morgan fingerprint density at radius 2 is 1.67 bits per heavy atom. The number of para-hydroxylation sites is 1. The molecule has 6 heteroatoms. The van der Waals surface area contributed by atoms with E-state index in [1.54, 1.807) is 36.4 Å². The van der Waals surface area contributed by atoms with Gasteiger partial charge in [-0.2, -0.15) is 0 Å². The summed E-state index contributed by atoms with van der Waals surface area (Å²) in [4.78, 5) is 0. The first kappa shape index (κ1) is 15.2. The van der Waals surface area contributed by atoms with Gasteiger partial charge in [-0.3, -0.25) is 0 Å². The Labute approximate surface area is 120 Å². The van der Waals surface area contributed by atoms with Crippen LogP contribution in [0.1, 0.15) is 11.1 Å². The van der Waals surface area contributed by atoms with Gasteiger partial charge in [0.15, 0.2) is 0 Å². The van der Waals surface area contributed by atoms with Crippen molar-refractivity contribution in [3.63, 3.8) is 0 Å². The summed E-state index contributed by atoms with van der Waals surface area (Å²) in [5, 5.41) is 11.9. The molecular formula is C15H14F3NO2. The topological polar surface area (TPSA) is 41.5 Å². The van der Waals surface area contributed by atoms with Crippen LogP contribution in [0.2, 0.25) is 0 Å². The third-order valence-electron chi connectivity index (χ3n) is 2.82. The second-order valence-electron chi connectivity index (χ2n) is 4.36. The summed E-state index contributed by atoms with van der Waals surface area (Å²) in [7, 11) is 0. The van der Waals surface area contributed by atoms with E-state index in [1.165, 1.54) is 12.1 Å². The van der Waals surface area contributed by atoms with E-state index in [1.807, 2.05) is 0 Å². The number of aliphatic hydroxyl groups is 1. The fourth-order valence-corrected chi connectivity index (χ4v) is 1.80. The van der Waals surface area contributed by atoms with Gasteiger partial charge in [0.05, 0.1) is 6.61 Å². The lowest BCUT2D eigenvalue weighted by Gasteiger charge is -2.14. The molecule has 0 aliphatic rings. The summed E-state index contributed by atoms with van der Waals surface area (Å²) < 4.78 is 40.9. The van der Waals surface area contributed by atoms with E-state index in [0.717, 1.165) is 11.3 Å². The van der Waals surface area contributed by atoms with Gasteiger partial charge in [0.25, 0.3) is 0 Å². The molecule has 21 heavy (non-hydrogen) atoms. The van der Waals surface area contributed by atoms with Gasteiger partial charge in [-0.05, 0) is 23.8 Å². The highest BCUT2D eigenvalue weighted by atomic mass is 19.4. The number of hydrogen-bond acceptors (Lipinski definition) is 3. The second-order valence-corrected chi connectivity index (χ2v) is 4.36. The van der Waals surface area contributed by atoms with Gasteiger partial charge >= 0.3 is 6.36 Å². The van der Waals surface area contributed by atoms with E-state index in [4.69, 9.17) is 5.11 Å². The fraction of sp³-hybridized carbons (Fsp3) is 0.200. The minimum absolute atomic E-state index is 0.0530. The molecule has 0 aromatic heterocycles. The average Bonchev–Trinajstić information content (AvgIpc) is 2.45. The molecule has 112 valence electrons. The normalized spacial score (nSPS) is 11.2. The van der Waals surface area contributed by atoms with Gasteiger partial charge in [0.1, 0.15) is 5.75 Å². The summed E-state index contributed by atoms with van der Waals surface area (Å²) in [6.07, 6.45) is -4.71. The third kappa shape index (κ3) is 4.68. The maximum atomic E-state index is 12.3. The minimum atomic E-state index is -4.71. The van der Waals surface area contributed by atoms with Crippen molar-refractivity contribution in [2.75, 3.05) is 5.32 Å². The van der Waals surface area contributed by atoms with E-state index >= 15 is 0 Å². The number of alkyl halides is 3. The molecule has 0 aliphatic heterocycles. The van der Waals surface area contributed by atoms with E-state index in [0.29, 0.717) is 5.56 Å².